The molecule has 1 atom stereocenters. The molecule has 1 rings (SSSR count). The molecule has 0 saturated heterocycles. The van der Waals surface area contributed by atoms with Gasteiger partial charge in [-0.1, -0.05) is 0 Å². The molecule has 1 amide bonds. The summed E-state index contributed by atoms with van der Waals surface area (Å²) in [5.74, 6) is -1.51. The zero-order valence-corrected chi connectivity index (χ0v) is 8.90. The molecule has 1 aromatic rings. The number of hydrogen-bond donors (Lipinski definition) is 3. The quantitative estimate of drug-likeness (QED) is 0.647. The summed E-state index contributed by atoms with van der Waals surface area (Å²) in [7, 11) is 1.48. The van der Waals surface area contributed by atoms with Gasteiger partial charge in [0.05, 0.1) is 0 Å². The molecule has 6 heteroatoms. The zero-order chi connectivity index (χ0) is 12.0. The molecule has 0 bridgehead atoms. The van der Waals surface area contributed by atoms with E-state index in [4.69, 9.17) is 9.84 Å². The summed E-state index contributed by atoms with van der Waals surface area (Å²) in [4.78, 5) is 25.1. The van der Waals surface area contributed by atoms with Crippen molar-refractivity contribution in [1.29, 1.82) is 0 Å². The average molecular weight is 226 g/mol. The Kier molecular flexibility index (Phi) is 4.53. The van der Waals surface area contributed by atoms with E-state index < -0.39 is 17.9 Å². The number of carboxylic acids is 1. The molecule has 0 aliphatic rings. The Balaban J connectivity index is 2.54. The predicted octanol–water partition coefficient (Wildman–Crippen LogP) is 0.234. The number of rotatable bonds is 6. The highest BCUT2D eigenvalue weighted by atomic mass is 16.5. The van der Waals surface area contributed by atoms with Crippen LogP contribution < -0.4 is 5.32 Å². The number of aromatic amines is 1. The molecule has 0 spiro atoms. The number of aliphatic carboxylic acids is 1. The van der Waals surface area contributed by atoms with Crippen LogP contribution in [0.1, 0.15) is 16.9 Å². The molecular weight excluding hydrogens is 212 g/mol. The zero-order valence-electron chi connectivity index (χ0n) is 8.90. The standard InChI is InChI=1S/C10H14N2O4/c1-16-6-4-8(10(14)15)12-9(13)7-3-2-5-11-7/h2-3,5,8,11H,4,6H2,1H3,(H,12,13)(H,14,15). The Labute approximate surface area is 92.6 Å². The number of carbonyl (C=O) groups is 2. The largest absolute Gasteiger partial charge is 0.480 e. The summed E-state index contributed by atoms with van der Waals surface area (Å²) in [6.07, 6.45) is 1.83. The average Bonchev–Trinajstić information content (AvgIpc) is 2.76. The number of H-pyrrole nitrogens is 1. The molecule has 0 fully saturated rings. The minimum atomic E-state index is -1.07. The summed E-state index contributed by atoms with van der Waals surface area (Å²) in [6.45, 7) is 0.280. The molecule has 1 unspecified atom stereocenters. The van der Waals surface area contributed by atoms with Gasteiger partial charge in [-0.15, -0.1) is 0 Å². The van der Waals surface area contributed by atoms with Gasteiger partial charge in [-0.05, 0) is 12.1 Å². The highest BCUT2D eigenvalue weighted by Gasteiger charge is 2.20. The van der Waals surface area contributed by atoms with Gasteiger partial charge in [0.15, 0.2) is 0 Å². The van der Waals surface area contributed by atoms with Crippen molar-refractivity contribution in [3.8, 4) is 0 Å². The van der Waals surface area contributed by atoms with Crippen molar-refractivity contribution < 1.29 is 19.4 Å². The van der Waals surface area contributed by atoms with Crippen LogP contribution >= 0.6 is 0 Å². The number of nitrogens with one attached hydrogen (secondary N) is 2. The first-order chi connectivity index (χ1) is 7.65. The van der Waals surface area contributed by atoms with Crippen molar-refractivity contribution >= 4 is 11.9 Å². The monoisotopic (exact) mass is 226 g/mol. The van der Waals surface area contributed by atoms with Gasteiger partial charge in [0.1, 0.15) is 11.7 Å². The number of hydrogen-bond acceptors (Lipinski definition) is 3. The van der Waals surface area contributed by atoms with E-state index in [1.807, 2.05) is 0 Å². The molecule has 0 aromatic carbocycles. The van der Waals surface area contributed by atoms with Crippen molar-refractivity contribution in [1.82, 2.24) is 10.3 Å². The minimum Gasteiger partial charge on any atom is -0.480 e. The molecular formula is C10H14N2O4. The molecule has 6 nitrogen and oxygen atoms in total. The lowest BCUT2D eigenvalue weighted by Gasteiger charge is -2.13. The Morgan fingerprint density at radius 2 is 2.38 bits per heavy atom. The second-order valence-electron chi connectivity index (χ2n) is 3.23. The van der Waals surface area contributed by atoms with Gasteiger partial charge in [0.2, 0.25) is 0 Å². The molecule has 16 heavy (non-hydrogen) atoms. The molecule has 3 N–H and O–H groups in total. The third-order valence-corrected chi connectivity index (χ3v) is 2.06. The van der Waals surface area contributed by atoms with Crippen LogP contribution in [0.4, 0.5) is 0 Å². The highest BCUT2D eigenvalue weighted by molar-refractivity contribution is 5.94. The van der Waals surface area contributed by atoms with Crippen LogP contribution in [0.3, 0.4) is 0 Å². The number of amides is 1. The van der Waals surface area contributed by atoms with E-state index in [1.54, 1.807) is 18.3 Å². The van der Waals surface area contributed by atoms with E-state index in [-0.39, 0.29) is 13.0 Å². The third-order valence-electron chi connectivity index (χ3n) is 2.06. The van der Waals surface area contributed by atoms with E-state index in [1.165, 1.54) is 7.11 Å². The number of carboxylic acid groups (broad SMARTS) is 1. The van der Waals surface area contributed by atoms with Crippen molar-refractivity contribution in [3.05, 3.63) is 24.0 Å². The van der Waals surface area contributed by atoms with Crippen LogP contribution in [0, 0.1) is 0 Å². The molecule has 0 aliphatic carbocycles. The first-order valence-corrected chi connectivity index (χ1v) is 4.81. The first-order valence-electron chi connectivity index (χ1n) is 4.81. The number of ether oxygens (including phenoxy) is 1. The Bertz CT molecular complexity index is 348. The maximum absolute atomic E-state index is 11.5. The number of aromatic nitrogens is 1. The maximum atomic E-state index is 11.5. The molecule has 1 heterocycles. The molecule has 1 aromatic heterocycles. The number of methoxy groups -OCH3 is 1. The van der Waals surface area contributed by atoms with E-state index in [9.17, 15) is 9.59 Å². The van der Waals surface area contributed by atoms with E-state index in [0.29, 0.717) is 5.69 Å². The van der Waals surface area contributed by atoms with Crippen LogP contribution in [-0.2, 0) is 9.53 Å². The molecule has 0 saturated carbocycles. The lowest BCUT2D eigenvalue weighted by molar-refractivity contribution is -0.139. The van der Waals surface area contributed by atoms with E-state index in [0.717, 1.165) is 0 Å². The van der Waals surface area contributed by atoms with Crippen LogP contribution in [0.25, 0.3) is 0 Å². The smallest absolute Gasteiger partial charge is 0.326 e. The molecule has 88 valence electrons. The van der Waals surface area contributed by atoms with Gasteiger partial charge in [0.25, 0.3) is 5.91 Å². The fraction of sp³-hybridized carbons (Fsp3) is 0.400. The van der Waals surface area contributed by atoms with Crippen molar-refractivity contribution in [3.63, 3.8) is 0 Å². The van der Waals surface area contributed by atoms with Gasteiger partial charge in [-0.25, -0.2) is 4.79 Å². The van der Waals surface area contributed by atoms with Crippen molar-refractivity contribution in [2.75, 3.05) is 13.7 Å². The van der Waals surface area contributed by atoms with Gasteiger partial charge in [-0.3, -0.25) is 4.79 Å². The molecule has 0 aliphatic heterocycles. The minimum absolute atomic E-state index is 0.234. The summed E-state index contributed by atoms with van der Waals surface area (Å²) in [5, 5.41) is 11.3. The normalized spacial score (nSPS) is 12.1. The number of carbonyl (C=O) groups excluding carboxylic acids is 1. The topological polar surface area (TPSA) is 91.4 Å². The van der Waals surface area contributed by atoms with Gasteiger partial charge >= 0.3 is 5.97 Å². The Morgan fingerprint density at radius 1 is 1.62 bits per heavy atom. The van der Waals surface area contributed by atoms with Crippen LogP contribution in [0.5, 0.6) is 0 Å². The van der Waals surface area contributed by atoms with Crippen molar-refractivity contribution in [2.24, 2.45) is 0 Å². The Morgan fingerprint density at radius 3 is 2.88 bits per heavy atom. The predicted molar refractivity (Wildman–Crippen MR) is 56.2 cm³/mol. The SMILES string of the molecule is COCCC(NC(=O)c1ccc[nH]1)C(=O)O. The van der Waals surface area contributed by atoms with E-state index in [2.05, 4.69) is 10.3 Å². The lowest BCUT2D eigenvalue weighted by Crippen LogP contribution is -2.41. The van der Waals surface area contributed by atoms with Crippen LogP contribution in [0.2, 0.25) is 0 Å². The van der Waals surface area contributed by atoms with Gasteiger partial charge in [0, 0.05) is 26.3 Å². The van der Waals surface area contributed by atoms with E-state index >= 15 is 0 Å². The maximum Gasteiger partial charge on any atom is 0.326 e. The van der Waals surface area contributed by atoms with Gasteiger partial charge < -0.3 is 20.1 Å². The van der Waals surface area contributed by atoms with Crippen molar-refractivity contribution in [2.45, 2.75) is 12.5 Å². The second-order valence-corrected chi connectivity index (χ2v) is 3.23. The van der Waals surface area contributed by atoms with Crippen LogP contribution in [-0.4, -0.2) is 41.7 Å². The van der Waals surface area contributed by atoms with Gasteiger partial charge in [-0.2, -0.15) is 0 Å². The summed E-state index contributed by atoms with van der Waals surface area (Å²) in [5.41, 5.74) is 0.337. The lowest BCUT2D eigenvalue weighted by atomic mass is 10.2. The van der Waals surface area contributed by atoms with Crippen LogP contribution in [0.15, 0.2) is 18.3 Å². The Hall–Kier alpha value is -1.82. The fourth-order valence-corrected chi connectivity index (χ4v) is 1.20. The molecule has 0 radical (unpaired) electrons. The summed E-state index contributed by atoms with van der Waals surface area (Å²) >= 11 is 0. The third kappa shape index (κ3) is 3.39. The summed E-state index contributed by atoms with van der Waals surface area (Å²) in [6, 6.07) is 2.31. The first kappa shape index (κ1) is 12.3. The second kappa shape index (κ2) is 5.92. The fourth-order valence-electron chi connectivity index (χ4n) is 1.20. The summed E-state index contributed by atoms with van der Waals surface area (Å²) < 4.78 is 4.77. The highest BCUT2D eigenvalue weighted by Crippen LogP contribution is 1.98.